The third-order valence-corrected chi connectivity index (χ3v) is 7.20. The minimum absolute atomic E-state index is 0.126. The van der Waals surface area contributed by atoms with Crippen LogP contribution in [0.3, 0.4) is 0 Å². The second-order valence-corrected chi connectivity index (χ2v) is 12.3. The van der Waals surface area contributed by atoms with Gasteiger partial charge in [-0.1, -0.05) is 60.7 Å². The van der Waals surface area contributed by atoms with Gasteiger partial charge in [0.2, 0.25) is 5.91 Å². The molecule has 2 fully saturated rings. The molecule has 2 aliphatic rings. The van der Waals surface area contributed by atoms with Gasteiger partial charge in [0.15, 0.2) is 12.6 Å². The van der Waals surface area contributed by atoms with Crippen molar-refractivity contribution in [2.45, 2.75) is 103 Å². The quantitative estimate of drug-likeness (QED) is 0.278. The van der Waals surface area contributed by atoms with Gasteiger partial charge in [-0.05, 0) is 40.2 Å². The minimum atomic E-state index is -1.15. The molecule has 2 aromatic rings. The summed E-state index contributed by atoms with van der Waals surface area (Å²) in [5.74, 6) is -1.76. The summed E-state index contributed by atoms with van der Waals surface area (Å²) in [6, 6.07) is 16.9. The van der Waals surface area contributed by atoms with Crippen molar-refractivity contribution in [2.75, 3.05) is 6.61 Å². The molecule has 0 spiro atoms. The number of alkyl carbamates (subject to hydrolysis) is 1. The number of fused-ring (bicyclic) bond motifs is 1. The van der Waals surface area contributed by atoms with Crippen LogP contribution >= 0.6 is 0 Å². The van der Waals surface area contributed by atoms with E-state index >= 15 is 0 Å². The SMILES string of the molecule is CC(=O)N[C@H]1[C@@H](OCc2ccccc2)O[C@H]2CO[C@H](c3ccccc3)O[C@H]2[C@H]1O[C@H](C)C(=O)NNC(=O)[C@@H](C)NC(=O)OC(C)(C)C. The second kappa shape index (κ2) is 16.2. The number of rotatable bonds is 10. The van der Waals surface area contributed by atoms with E-state index in [1.54, 1.807) is 20.8 Å². The Morgan fingerprint density at radius 1 is 0.915 bits per heavy atom. The van der Waals surface area contributed by atoms with Crippen molar-refractivity contribution < 1.29 is 47.6 Å². The number of hydrazine groups is 1. The largest absolute Gasteiger partial charge is 0.444 e. The van der Waals surface area contributed by atoms with Crippen LogP contribution in [-0.2, 0) is 49.4 Å². The van der Waals surface area contributed by atoms with Crippen LogP contribution in [0.15, 0.2) is 60.7 Å². The summed E-state index contributed by atoms with van der Waals surface area (Å²) in [7, 11) is 0. The van der Waals surface area contributed by atoms with E-state index in [0.29, 0.717) is 0 Å². The molecule has 2 saturated heterocycles. The molecule has 8 atom stereocenters. The Morgan fingerprint density at radius 3 is 2.19 bits per heavy atom. The first-order valence-electron chi connectivity index (χ1n) is 15.5. The normalized spacial score (nSPS) is 25.3. The van der Waals surface area contributed by atoms with Crippen LogP contribution in [0.1, 0.15) is 59.0 Å². The third kappa shape index (κ3) is 10.5. The fourth-order valence-corrected chi connectivity index (χ4v) is 4.98. The van der Waals surface area contributed by atoms with Gasteiger partial charge in [-0.25, -0.2) is 4.79 Å². The molecule has 4 rings (SSSR count). The van der Waals surface area contributed by atoms with Gasteiger partial charge in [0, 0.05) is 12.5 Å². The highest BCUT2D eigenvalue weighted by molar-refractivity contribution is 5.88. The van der Waals surface area contributed by atoms with Crippen LogP contribution in [0.2, 0.25) is 0 Å². The lowest BCUT2D eigenvalue weighted by Crippen LogP contribution is -2.68. The molecule has 47 heavy (non-hydrogen) atoms. The fraction of sp³-hybridized carbons (Fsp3) is 0.515. The highest BCUT2D eigenvalue weighted by atomic mass is 16.8. The van der Waals surface area contributed by atoms with Crippen molar-refractivity contribution in [3.05, 3.63) is 71.8 Å². The molecular formula is C33H44N4O10. The Bertz CT molecular complexity index is 1360. The summed E-state index contributed by atoms with van der Waals surface area (Å²) in [6.45, 7) is 9.68. The molecule has 0 unspecified atom stereocenters. The number of hydrogen-bond acceptors (Lipinski definition) is 10. The Morgan fingerprint density at radius 2 is 1.55 bits per heavy atom. The molecule has 4 amide bonds. The average Bonchev–Trinajstić information content (AvgIpc) is 3.03. The lowest BCUT2D eigenvalue weighted by molar-refractivity contribution is -0.351. The Kier molecular flexibility index (Phi) is 12.3. The molecule has 4 N–H and O–H groups in total. The van der Waals surface area contributed by atoms with E-state index in [1.807, 2.05) is 60.7 Å². The van der Waals surface area contributed by atoms with Crippen LogP contribution in [0.5, 0.6) is 0 Å². The number of nitrogens with one attached hydrogen (secondary N) is 4. The summed E-state index contributed by atoms with van der Waals surface area (Å²) in [5.41, 5.74) is 5.51. The zero-order chi connectivity index (χ0) is 34.1. The lowest BCUT2D eigenvalue weighted by atomic mass is 9.95. The molecule has 2 aromatic carbocycles. The smallest absolute Gasteiger partial charge is 0.408 e. The topological polar surface area (TPSA) is 172 Å². The summed E-state index contributed by atoms with van der Waals surface area (Å²) in [6.07, 6.45) is -6.07. The van der Waals surface area contributed by atoms with Gasteiger partial charge in [0.1, 0.15) is 42.1 Å². The molecular weight excluding hydrogens is 612 g/mol. The highest BCUT2D eigenvalue weighted by Gasteiger charge is 2.52. The van der Waals surface area contributed by atoms with E-state index in [0.717, 1.165) is 11.1 Å². The molecule has 14 heteroatoms. The van der Waals surface area contributed by atoms with E-state index < -0.39 is 72.6 Å². The number of benzene rings is 2. The first-order valence-corrected chi connectivity index (χ1v) is 15.5. The highest BCUT2D eigenvalue weighted by Crippen LogP contribution is 2.36. The van der Waals surface area contributed by atoms with Gasteiger partial charge in [-0.3, -0.25) is 25.2 Å². The predicted octanol–water partition coefficient (Wildman–Crippen LogP) is 2.38. The Balaban J connectivity index is 1.48. The Labute approximate surface area is 274 Å². The number of carbonyl (C=O) groups is 4. The van der Waals surface area contributed by atoms with Crippen molar-refractivity contribution in [1.29, 1.82) is 0 Å². The van der Waals surface area contributed by atoms with Gasteiger partial charge < -0.3 is 39.1 Å². The van der Waals surface area contributed by atoms with Crippen molar-refractivity contribution >= 4 is 23.8 Å². The molecule has 14 nitrogen and oxygen atoms in total. The van der Waals surface area contributed by atoms with Crippen LogP contribution < -0.4 is 21.5 Å². The maximum Gasteiger partial charge on any atom is 0.408 e. The summed E-state index contributed by atoms with van der Waals surface area (Å²) in [4.78, 5) is 50.2. The number of ether oxygens (including phenoxy) is 6. The molecule has 256 valence electrons. The first kappa shape index (κ1) is 35.8. The molecule has 0 aromatic heterocycles. The van der Waals surface area contributed by atoms with Crippen LogP contribution in [0.4, 0.5) is 4.79 Å². The van der Waals surface area contributed by atoms with Gasteiger partial charge in [0.25, 0.3) is 11.8 Å². The lowest BCUT2D eigenvalue weighted by Gasteiger charge is -2.49. The molecule has 0 aliphatic carbocycles. The van der Waals surface area contributed by atoms with E-state index in [4.69, 9.17) is 28.4 Å². The van der Waals surface area contributed by atoms with Crippen molar-refractivity contribution in [2.24, 2.45) is 0 Å². The average molecular weight is 657 g/mol. The third-order valence-electron chi connectivity index (χ3n) is 7.20. The zero-order valence-electron chi connectivity index (χ0n) is 27.4. The maximum absolute atomic E-state index is 13.1. The van der Waals surface area contributed by atoms with Crippen LogP contribution in [-0.4, -0.2) is 78.8 Å². The number of carbonyl (C=O) groups excluding carboxylic acids is 4. The van der Waals surface area contributed by atoms with E-state index in [2.05, 4.69) is 21.5 Å². The van der Waals surface area contributed by atoms with Gasteiger partial charge in [-0.2, -0.15) is 0 Å². The van der Waals surface area contributed by atoms with E-state index in [-0.39, 0.29) is 19.1 Å². The fourth-order valence-electron chi connectivity index (χ4n) is 4.98. The molecule has 2 aliphatic heterocycles. The van der Waals surface area contributed by atoms with Crippen LogP contribution in [0.25, 0.3) is 0 Å². The standard InChI is InChI=1S/C33H44N4O10/c1-19(34-32(41)47-33(4,5)6)28(39)36-37-29(40)20(2)44-27-25(35-21(3)38)31(42-17-22-13-9-7-10-14-22)45-24-18-43-30(46-26(24)27)23-15-11-8-12-16-23/h7-16,19-20,24-27,30-31H,17-18H2,1-6H3,(H,34,41)(H,35,38)(H,36,39)(H,37,40)/t19-,20-,24+,25-,26-,27+,30+,31+/m1/s1. The summed E-state index contributed by atoms with van der Waals surface area (Å²) >= 11 is 0. The second-order valence-electron chi connectivity index (χ2n) is 12.3. The van der Waals surface area contributed by atoms with Crippen LogP contribution in [0, 0.1) is 0 Å². The summed E-state index contributed by atoms with van der Waals surface area (Å²) in [5, 5.41) is 5.27. The minimum Gasteiger partial charge on any atom is -0.444 e. The summed E-state index contributed by atoms with van der Waals surface area (Å²) < 4.78 is 36.3. The molecule has 0 radical (unpaired) electrons. The van der Waals surface area contributed by atoms with Crippen molar-refractivity contribution in [1.82, 2.24) is 21.5 Å². The Hall–Kier alpha value is -4.08. The monoisotopic (exact) mass is 656 g/mol. The van der Waals surface area contributed by atoms with E-state index in [9.17, 15) is 19.2 Å². The van der Waals surface area contributed by atoms with Gasteiger partial charge >= 0.3 is 6.09 Å². The first-order chi connectivity index (χ1) is 22.3. The molecule has 2 heterocycles. The molecule has 0 bridgehead atoms. The predicted molar refractivity (Wildman–Crippen MR) is 167 cm³/mol. The molecule has 0 saturated carbocycles. The zero-order valence-corrected chi connectivity index (χ0v) is 27.4. The van der Waals surface area contributed by atoms with Crippen molar-refractivity contribution in [3.8, 4) is 0 Å². The maximum atomic E-state index is 13.1. The number of amides is 4. The van der Waals surface area contributed by atoms with Crippen molar-refractivity contribution in [3.63, 3.8) is 0 Å². The van der Waals surface area contributed by atoms with E-state index in [1.165, 1.54) is 20.8 Å². The number of hydrogen-bond donors (Lipinski definition) is 4. The van der Waals surface area contributed by atoms with Gasteiger partial charge in [-0.15, -0.1) is 0 Å². The van der Waals surface area contributed by atoms with Gasteiger partial charge in [0.05, 0.1) is 13.2 Å².